The molecule has 1 fully saturated rings. The predicted molar refractivity (Wildman–Crippen MR) is 91.7 cm³/mol. The summed E-state index contributed by atoms with van der Waals surface area (Å²) in [6.07, 6.45) is 8.29. The Kier molecular flexibility index (Phi) is 4.56. The molecule has 1 heterocycles. The lowest BCUT2D eigenvalue weighted by Crippen LogP contribution is -2.23. The number of para-hydroxylation sites is 1. The van der Waals surface area contributed by atoms with Crippen molar-refractivity contribution in [2.24, 2.45) is 0 Å². The van der Waals surface area contributed by atoms with Gasteiger partial charge in [-0.05, 0) is 43.9 Å². The van der Waals surface area contributed by atoms with Crippen LogP contribution in [0.2, 0.25) is 0 Å². The maximum Gasteiger partial charge on any atom is 0.229 e. The van der Waals surface area contributed by atoms with Crippen molar-refractivity contribution in [1.29, 1.82) is 0 Å². The molecule has 1 aliphatic carbocycles. The van der Waals surface area contributed by atoms with Gasteiger partial charge in [-0.25, -0.2) is 4.98 Å². The summed E-state index contributed by atoms with van der Waals surface area (Å²) in [5, 5.41) is 6.90. The van der Waals surface area contributed by atoms with E-state index in [4.69, 9.17) is 0 Å². The average molecular weight is 296 g/mol. The molecule has 1 aliphatic rings. The summed E-state index contributed by atoms with van der Waals surface area (Å²) in [7, 11) is 0. The zero-order valence-electron chi connectivity index (χ0n) is 13.4. The molecule has 1 aromatic heterocycles. The molecule has 0 bridgehead atoms. The third-order valence-corrected chi connectivity index (χ3v) is 4.33. The zero-order chi connectivity index (χ0) is 15.4. The molecular formula is C18H24N4. The van der Waals surface area contributed by atoms with Gasteiger partial charge in [-0.2, -0.15) is 4.98 Å². The maximum atomic E-state index is 4.61. The van der Waals surface area contributed by atoms with Gasteiger partial charge in [0, 0.05) is 17.9 Å². The summed E-state index contributed by atoms with van der Waals surface area (Å²) < 4.78 is 0. The standard InChI is InChI=1S/C18H24N4/c1-13-7-6-8-14(2)17(13)22-18-19-12-11-16(21-18)20-15-9-4-3-5-10-15/h6-8,11-12,15H,3-5,9-10H2,1-2H3,(H2,19,20,21,22). The van der Waals surface area contributed by atoms with Crippen LogP contribution >= 0.6 is 0 Å². The summed E-state index contributed by atoms with van der Waals surface area (Å²) in [5.41, 5.74) is 3.50. The highest BCUT2D eigenvalue weighted by Gasteiger charge is 2.13. The van der Waals surface area contributed by atoms with Crippen molar-refractivity contribution in [1.82, 2.24) is 9.97 Å². The van der Waals surface area contributed by atoms with Crippen LogP contribution in [0.4, 0.5) is 17.5 Å². The van der Waals surface area contributed by atoms with E-state index in [2.05, 4.69) is 52.6 Å². The number of hydrogen-bond acceptors (Lipinski definition) is 4. The SMILES string of the molecule is Cc1cccc(C)c1Nc1nccc(NC2CCCCC2)n1. The minimum atomic E-state index is 0.552. The van der Waals surface area contributed by atoms with Gasteiger partial charge in [0.1, 0.15) is 5.82 Å². The first kappa shape index (κ1) is 14.8. The van der Waals surface area contributed by atoms with Gasteiger partial charge in [0.25, 0.3) is 0 Å². The van der Waals surface area contributed by atoms with Gasteiger partial charge in [-0.15, -0.1) is 0 Å². The molecule has 2 N–H and O–H groups in total. The monoisotopic (exact) mass is 296 g/mol. The topological polar surface area (TPSA) is 49.8 Å². The van der Waals surface area contributed by atoms with Gasteiger partial charge in [0.2, 0.25) is 5.95 Å². The molecule has 3 rings (SSSR count). The van der Waals surface area contributed by atoms with E-state index in [1.165, 1.54) is 43.2 Å². The molecule has 0 amide bonds. The van der Waals surface area contributed by atoms with Crippen LogP contribution in [0, 0.1) is 13.8 Å². The Bertz CT molecular complexity index is 612. The summed E-state index contributed by atoms with van der Waals surface area (Å²) in [5.74, 6) is 1.56. The number of rotatable bonds is 4. The summed E-state index contributed by atoms with van der Waals surface area (Å²) in [6.45, 7) is 4.19. The van der Waals surface area contributed by atoms with Crippen LogP contribution in [0.5, 0.6) is 0 Å². The van der Waals surface area contributed by atoms with Gasteiger partial charge in [0.15, 0.2) is 0 Å². The largest absolute Gasteiger partial charge is 0.367 e. The van der Waals surface area contributed by atoms with Crippen molar-refractivity contribution >= 4 is 17.5 Å². The molecular weight excluding hydrogens is 272 g/mol. The highest BCUT2D eigenvalue weighted by Crippen LogP contribution is 2.24. The molecule has 0 atom stereocenters. The number of aromatic nitrogens is 2. The molecule has 4 nitrogen and oxygen atoms in total. The molecule has 0 unspecified atom stereocenters. The normalized spacial score (nSPS) is 15.5. The van der Waals surface area contributed by atoms with Crippen LogP contribution in [0.3, 0.4) is 0 Å². The highest BCUT2D eigenvalue weighted by atomic mass is 15.1. The second kappa shape index (κ2) is 6.77. The third-order valence-electron chi connectivity index (χ3n) is 4.33. The second-order valence-electron chi connectivity index (χ2n) is 6.14. The van der Waals surface area contributed by atoms with Crippen molar-refractivity contribution in [3.8, 4) is 0 Å². The molecule has 116 valence electrons. The van der Waals surface area contributed by atoms with E-state index in [0.29, 0.717) is 12.0 Å². The van der Waals surface area contributed by atoms with Crippen molar-refractivity contribution in [2.75, 3.05) is 10.6 Å². The number of nitrogens with one attached hydrogen (secondary N) is 2. The van der Waals surface area contributed by atoms with Crippen molar-refractivity contribution in [3.63, 3.8) is 0 Å². The van der Waals surface area contributed by atoms with Gasteiger partial charge in [-0.1, -0.05) is 37.5 Å². The Labute approximate surface area is 132 Å². The fraction of sp³-hybridized carbons (Fsp3) is 0.444. The summed E-state index contributed by atoms with van der Waals surface area (Å²) >= 11 is 0. The Morgan fingerprint density at radius 1 is 1.00 bits per heavy atom. The number of aryl methyl sites for hydroxylation is 2. The van der Waals surface area contributed by atoms with Crippen LogP contribution in [-0.2, 0) is 0 Å². The van der Waals surface area contributed by atoms with Crippen molar-refractivity contribution in [2.45, 2.75) is 52.0 Å². The molecule has 2 aromatic rings. The average Bonchev–Trinajstić information content (AvgIpc) is 2.53. The van der Waals surface area contributed by atoms with Gasteiger partial charge in [0.05, 0.1) is 0 Å². The highest BCUT2D eigenvalue weighted by molar-refractivity contribution is 5.63. The van der Waals surface area contributed by atoms with E-state index in [9.17, 15) is 0 Å². The molecule has 0 radical (unpaired) electrons. The first-order valence-corrected chi connectivity index (χ1v) is 8.15. The molecule has 4 heteroatoms. The first-order chi connectivity index (χ1) is 10.7. The summed E-state index contributed by atoms with van der Waals surface area (Å²) in [4.78, 5) is 8.96. The Morgan fingerprint density at radius 3 is 2.45 bits per heavy atom. The van der Waals surface area contributed by atoms with Gasteiger partial charge < -0.3 is 10.6 Å². The fourth-order valence-electron chi connectivity index (χ4n) is 3.08. The zero-order valence-corrected chi connectivity index (χ0v) is 13.4. The molecule has 22 heavy (non-hydrogen) atoms. The fourth-order valence-corrected chi connectivity index (χ4v) is 3.08. The van der Waals surface area contributed by atoms with E-state index < -0.39 is 0 Å². The van der Waals surface area contributed by atoms with Crippen LogP contribution in [-0.4, -0.2) is 16.0 Å². The minimum absolute atomic E-state index is 0.552. The number of anilines is 3. The number of hydrogen-bond donors (Lipinski definition) is 2. The molecule has 0 spiro atoms. The van der Waals surface area contributed by atoms with Crippen LogP contribution < -0.4 is 10.6 Å². The van der Waals surface area contributed by atoms with Crippen molar-refractivity contribution < 1.29 is 0 Å². The number of nitrogens with zero attached hydrogens (tertiary/aromatic N) is 2. The van der Waals surface area contributed by atoms with E-state index >= 15 is 0 Å². The lowest BCUT2D eigenvalue weighted by molar-refractivity contribution is 0.462. The van der Waals surface area contributed by atoms with E-state index in [0.717, 1.165) is 11.5 Å². The van der Waals surface area contributed by atoms with E-state index in [1.54, 1.807) is 0 Å². The second-order valence-corrected chi connectivity index (χ2v) is 6.14. The van der Waals surface area contributed by atoms with Crippen LogP contribution in [0.25, 0.3) is 0 Å². The van der Waals surface area contributed by atoms with Crippen LogP contribution in [0.15, 0.2) is 30.5 Å². The van der Waals surface area contributed by atoms with E-state index in [-0.39, 0.29) is 0 Å². The molecule has 0 saturated heterocycles. The minimum Gasteiger partial charge on any atom is -0.367 e. The quantitative estimate of drug-likeness (QED) is 0.867. The third kappa shape index (κ3) is 3.56. The Balaban J connectivity index is 1.73. The maximum absolute atomic E-state index is 4.61. The summed E-state index contributed by atoms with van der Waals surface area (Å²) in [6, 6.07) is 8.76. The molecule has 1 saturated carbocycles. The number of benzene rings is 1. The lowest BCUT2D eigenvalue weighted by Gasteiger charge is -2.23. The van der Waals surface area contributed by atoms with Gasteiger partial charge in [-0.3, -0.25) is 0 Å². The predicted octanol–water partition coefficient (Wildman–Crippen LogP) is 4.58. The smallest absolute Gasteiger partial charge is 0.229 e. The lowest BCUT2D eigenvalue weighted by atomic mass is 9.95. The van der Waals surface area contributed by atoms with Crippen molar-refractivity contribution in [3.05, 3.63) is 41.6 Å². The van der Waals surface area contributed by atoms with Gasteiger partial charge >= 0.3 is 0 Å². The van der Waals surface area contributed by atoms with E-state index in [1.807, 2.05) is 12.3 Å². The molecule has 0 aliphatic heterocycles. The Morgan fingerprint density at radius 2 is 1.73 bits per heavy atom. The van der Waals surface area contributed by atoms with Crippen LogP contribution in [0.1, 0.15) is 43.2 Å². The first-order valence-electron chi connectivity index (χ1n) is 8.15. The Hall–Kier alpha value is -2.10. The molecule has 1 aromatic carbocycles.